The van der Waals surface area contributed by atoms with Gasteiger partial charge in [-0.1, -0.05) is 13.3 Å². The fourth-order valence-electron chi connectivity index (χ4n) is 3.05. The number of H-pyrrole nitrogens is 1. The van der Waals surface area contributed by atoms with Crippen molar-refractivity contribution in [1.29, 1.82) is 0 Å². The number of amides is 1. The summed E-state index contributed by atoms with van der Waals surface area (Å²) in [5.74, 6) is -0.565. The molecule has 0 aliphatic rings. The van der Waals surface area contributed by atoms with Crippen LogP contribution in [-0.4, -0.2) is 32.3 Å². The summed E-state index contributed by atoms with van der Waals surface area (Å²) in [5, 5.41) is 10.3. The van der Waals surface area contributed by atoms with Crippen molar-refractivity contribution in [2.24, 2.45) is 0 Å². The highest BCUT2D eigenvalue weighted by Crippen LogP contribution is 2.23. The molecular weight excluding hydrogens is 361 g/mol. The van der Waals surface area contributed by atoms with Crippen LogP contribution < -0.4 is 10.9 Å². The smallest absolute Gasteiger partial charge is 0.281 e. The summed E-state index contributed by atoms with van der Waals surface area (Å²) in [7, 11) is 0. The van der Waals surface area contributed by atoms with Gasteiger partial charge in [0.15, 0.2) is 5.65 Å². The summed E-state index contributed by atoms with van der Waals surface area (Å²) in [4.78, 5) is 29.0. The molecule has 0 aliphatic carbocycles. The van der Waals surface area contributed by atoms with Crippen molar-refractivity contribution < 1.29 is 9.18 Å². The van der Waals surface area contributed by atoms with Gasteiger partial charge in [-0.2, -0.15) is 10.1 Å². The molecule has 28 heavy (non-hydrogen) atoms. The highest BCUT2D eigenvalue weighted by molar-refractivity contribution is 5.98. The molecule has 4 rings (SSSR count). The quantitative estimate of drug-likeness (QED) is 0.522. The van der Waals surface area contributed by atoms with Crippen LogP contribution in [-0.2, 0) is 0 Å². The summed E-state index contributed by atoms with van der Waals surface area (Å²) in [6.07, 6.45) is 1.88. The van der Waals surface area contributed by atoms with Crippen molar-refractivity contribution in [2.75, 3.05) is 6.54 Å². The first kappa shape index (κ1) is 17.8. The number of fused-ring (bicyclic) bond motifs is 3. The van der Waals surface area contributed by atoms with E-state index in [1.54, 1.807) is 34.8 Å². The number of benzene rings is 2. The second-order valence-corrected chi connectivity index (χ2v) is 6.48. The van der Waals surface area contributed by atoms with E-state index in [1.165, 1.54) is 12.1 Å². The molecule has 2 N–H and O–H groups in total. The van der Waals surface area contributed by atoms with Gasteiger partial charge in [-0.3, -0.25) is 9.59 Å². The van der Waals surface area contributed by atoms with E-state index in [0.29, 0.717) is 39.9 Å². The molecule has 142 valence electrons. The number of nitrogens with zero attached hydrogens (tertiary/aromatic N) is 3. The maximum absolute atomic E-state index is 13.2. The van der Waals surface area contributed by atoms with Crippen LogP contribution in [0.5, 0.6) is 0 Å². The van der Waals surface area contributed by atoms with Crippen molar-refractivity contribution in [2.45, 2.75) is 19.8 Å². The third-order valence-electron chi connectivity index (χ3n) is 4.56. The average molecular weight is 379 g/mol. The number of unbranched alkanes of at least 4 members (excludes halogenated alkanes) is 1. The Balaban J connectivity index is 1.84. The Morgan fingerprint density at radius 2 is 2.00 bits per heavy atom. The number of nitrogens with one attached hydrogen (secondary N) is 2. The van der Waals surface area contributed by atoms with E-state index >= 15 is 0 Å². The monoisotopic (exact) mass is 379 g/mol. The lowest BCUT2D eigenvalue weighted by Gasteiger charge is -2.06. The summed E-state index contributed by atoms with van der Waals surface area (Å²) in [6, 6.07) is 10.6. The van der Waals surface area contributed by atoms with Crippen LogP contribution >= 0.6 is 0 Å². The predicted octanol–water partition coefficient (Wildman–Crippen LogP) is 2.91. The van der Waals surface area contributed by atoms with Gasteiger partial charge in [0.25, 0.3) is 11.5 Å². The molecular formula is C20H18FN5O2. The van der Waals surface area contributed by atoms with Crippen molar-refractivity contribution in [1.82, 2.24) is 25.1 Å². The Kier molecular flexibility index (Phi) is 4.60. The molecule has 0 saturated heterocycles. The fraction of sp³-hybridized carbons (Fsp3) is 0.200. The molecule has 2 aromatic heterocycles. The third-order valence-corrected chi connectivity index (χ3v) is 4.56. The number of halogens is 1. The molecule has 1 amide bonds. The SMILES string of the molecule is CCCCNC(=O)c1ccc2c(=O)nc3c(-c4ccc(F)cc4)n[nH]n3c2c1. The number of hydrogen-bond acceptors (Lipinski definition) is 4. The van der Waals surface area contributed by atoms with Crippen LogP contribution in [0.2, 0.25) is 0 Å². The van der Waals surface area contributed by atoms with Crippen molar-refractivity contribution >= 4 is 22.5 Å². The molecule has 7 nitrogen and oxygen atoms in total. The van der Waals surface area contributed by atoms with E-state index in [1.807, 2.05) is 0 Å². The molecule has 0 spiro atoms. The lowest BCUT2D eigenvalue weighted by atomic mass is 10.1. The molecule has 8 heteroatoms. The minimum Gasteiger partial charge on any atom is -0.352 e. The maximum atomic E-state index is 13.2. The first-order valence-corrected chi connectivity index (χ1v) is 9.03. The van der Waals surface area contributed by atoms with E-state index in [9.17, 15) is 14.0 Å². The lowest BCUT2D eigenvalue weighted by molar-refractivity contribution is 0.0953. The van der Waals surface area contributed by atoms with Crippen LogP contribution in [0.4, 0.5) is 4.39 Å². The highest BCUT2D eigenvalue weighted by Gasteiger charge is 2.15. The van der Waals surface area contributed by atoms with E-state index in [2.05, 4.69) is 27.5 Å². The Morgan fingerprint density at radius 1 is 1.21 bits per heavy atom. The van der Waals surface area contributed by atoms with Gasteiger partial charge in [0, 0.05) is 17.7 Å². The molecule has 0 atom stereocenters. The maximum Gasteiger partial charge on any atom is 0.281 e. The zero-order valence-corrected chi connectivity index (χ0v) is 15.2. The van der Waals surface area contributed by atoms with Gasteiger partial charge in [-0.25, -0.2) is 14.1 Å². The number of aromatic nitrogens is 4. The fourth-order valence-corrected chi connectivity index (χ4v) is 3.05. The van der Waals surface area contributed by atoms with Crippen LogP contribution in [0.3, 0.4) is 0 Å². The number of carbonyl (C=O) groups excluding carboxylic acids is 1. The molecule has 4 aromatic rings. The van der Waals surface area contributed by atoms with Crippen LogP contribution in [0, 0.1) is 5.82 Å². The number of hydrogen-bond donors (Lipinski definition) is 2. The van der Waals surface area contributed by atoms with E-state index in [0.717, 1.165) is 12.8 Å². The average Bonchev–Trinajstić information content (AvgIpc) is 3.12. The second kappa shape index (κ2) is 7.22. The van der Waals surface area contributed by atoms with Crippen molar-refractivity contribution in [3.8, 4) is 11.3 Å². The second-order valence-electron chi connectivity index (χ2n) is 6.48. The Labute approximate surface area is 159 Å². The van der Waals surface area contributed by atoms with E-state index < -0.39 is 5.56 Å². The first-order chi connectivity index (χ1) is 13.6. The Bertz CT molecular complexity index is 1230. The minimum absolute atomic E-state index is 0.202. The molecule has 2 heterocycles. The summed E-state index contributed by atoms with van der Waals surface area (Å²) in [5.41, 5.74) is 1.89. The first-order valence-electron chi connectivity index (χ1n) is 9.03. The minimum atomic E-state index is -0.419. The number of carbonyl (C=O) groups is 1. The van der Waals surface area contributed by atoms with Gasteiger partial charge in [0.2, 0.25) is 0 Å². The molecule has 2 aromatic carbocycles. The van der Waals surface area contributed by atoms with E-state index in [4.69, 9.17) is 0 Å². The number of aromatic amines is 1. The summed E-state index contributed by atoms with van der Waals surface area (Å²) < 4.78 is 14.8. The molecule has 0 bridgehead atoms. The van der Waals surface area contributed by atoms with Crippen molar-refractivity contribution in [3.05, 3.63) is 64.2 Å². The number of rotatable bonds is 5. The predicted molar refractivity (Wildman–Crippen MR) is 104 cm³/mol. The van der Waals surface area contributed by atoms with Gasteiger partial charge in [-0.05, 0) is 48.9 Å². The zero-order valence-electron chi connectivity index (χ0n) is 15.2. The standard InChI is InChI=1S/C20H18FN5O2/c1-2-3-10-22-19(27)13-6-9-15-16(11-13)26-18(23-20(15)28)17(24-25-26)12-4-7-14(21)8-5-12/h4-9,11,25H,2-3,10H2,1H3,(H,22,27). The summed E-state index contributed by atoms with van der Waals surface area (Å²) >= 11 is 0. The van der Waals surface area contributed by atoms with Crippen LogP contribution in [0.25, 0.3) is 27.8 Å². The van der Waals surface area contributed by atoms with Crippen molar-refractivity contribution in [3.63, 3.8) is 0 Å². The highest BCUT2D eigenvalue weighted by atomic mass is 19.1. The Hall–Kier alpha value is -3.55. The zero-order chi connectivity index (χ0) is 19.7. The van der Waals surface area contributed by atoms with Gasteiger partial charge < -0.3 is 5.32 Å². The van der Waals surface area contributed by atoms with Gasteiger partial charge in [-0.15, -0.1) is 0 Å². The molecule has 0 aliphatic heterocycles. The molecule has 0 unspecified atom stereocenters. The van der Waals surface area contributed by atoms with Gasteiger partial charge in [0.05, 0.1) is 10.9 Å². The van der Waals surface area contributed by atoms with Crippen LogP contribution in [0.15, 0.2) is 47.3 Å². The van der Waals surface area contributed by atoms with E-state index in [-0.39, 0.29) is 11.7 Å². The normalized spacial score (nSPS) is 11.2. The van der Waals surface area contributed by atoms with Crippen LogP contribution in [0.1, 0.15) is 30.1 Å². The molecule has 0 saturated carbocycles. The Morgan fingerprint density at radius 3 is 2.75 bits per heavy atom. The van der Waals surface area contributed by atoms with Gasteiger partial charge in [0.1, 0.15) is 11.5 Å². The molecule has 0 radical (unpaired) electrons. The summed E-state index contributed by atoms with van der Waals surface area (Å²) in [6.45, 7) is 2.65. The third kappa shape index (κ3) is 3.13. The van der Waals surface area contributed by atoms with Gasteiger partial charge >= 0.3 is 0 Å². The molecule has 0 fully saturated rings. The largest absolute Gasteiger partial charge is 0.352 e. The topological polar surface area (TPSA) is 92.2 Å². The lowest BCUT2D eigenvalue weighted by Crippen LogP contribution is -2.24.